The molecule has 0 saturated carbocycles. The molecule has 0 bridgehead atoms. The summed E-state index contributed by atoms with van der Waals surface area (Å²) < 4.78 is 2.07. The number of hydrogen-bond acceptors (Lipinski definition) is 4. The van der Waals surface area contributed by atoms with Gasteiger partial charge in [0.1, 0.15) is 12.2 Å². The van der Waals surface area contributed by atoms with Crippen LogP contribution in [-0.4, -0.2) is 36.9 Å². The number of nitrogens with one attached hydrogen (secondary N) is 2. The third-order valence-corrected chi connectivity index (χ3v) is 4.11. The summed E-state index contributed by atoms with van der Waals surface area (Å²) in [7, 11) is 0. The maximum Gasteiger partial charge on any atom is 0.224 e. The van der Waals surface area contributed by atoms with Crippen molar-refractivity contribution in [1.29, 1.82) is 0 Å². The molecule has 1 unspecified atom stereocenters. The lowest BCUT2D eigenvalue weighted by Gasteiger charge is -2.16. The van der Waals surface area contributed by atoms with Crippen molar-refractivity contribution in [3.8, 4) is 0 Å². The molecule has 2 aromatic rings. The van der Waals surface area contributed by atoms with Crippen LogP contribution < -0.4 is 5.32 Å². The van der Waals surface area contributed by atoms with Crippen molar-refractivity contribution in [2.45, 2.75) is 52.1 Å². The second kappa shape index (κ2) is 5.67. The smallest absolute Gasteiger partial charge is 0.224 e. The summed E-state index contributed by atoms with van der Waals surface area (Å²) in [6, 6.07) is 0.201. The van der Waals surface area contributed by atoms with Gasteiger partial charge in [0.15, 0.2) is 0 Å². The molecular weight excluding hydrogens is 268 g/mol. The number of H-pyrrole nitrogens is 1. The molecule has 0 fully saturated rings. The molecule has 3 rings (SSSR count). The van der Waals surface area contributed by atoms with Crippen molar-refractivity contribution >= 4 is 5.91 Å². The number of rotatable bonds is 3. The normalized spacial score (nSPS) is 18.1. The van der Waals surface area contributed by atoms with E-state index in [2.05, 4.69) is 30.3 Å². The number of hydrogen-bond donors (Lipinski definition) is 2. The highest BCUT2D eigenvalue weighted by molar-refractivity contribution is 5.79. The van der Waals surface area contributed by atoms with Crippen LogP contribution >= 0.6 is 0 Å². The first-order valence-corrected chi connectivity index (χ1v) is 7.30. The van der Waals surface area contributed by atoms with Gasteiger partial charge in [0, 0.05) is 30.3 Å². The molecule has 7 nitrogen and oxygen atoms in total. The standard InChI is InChI=1S/C14H20N6O/c1-9-12(10(2)18-17-9)7-14(21)16-11-3-4-13-19-15-8-20(13)6-5-11/h8,11H,3-7H2,1-2H3,(H,16,21)(H,17,18). The molecule has 3 heterocycles. The average molecular weight is 288 g/mol. The SMILES string of the molecule is Cc1n[nH]c(C)c1CC(=O)NC1CCc2nncn2CC1. The van der Waals surface area contributed by atoms with Crippen LogP contribution in [-0.2, 0) is 24.2 Å². The number of aromatic nitrogens is 5. The van der Waals surface area contributed by atoms with Gasteiger partial charge in [0.2, 0.25) is 5.91 Å². The first-order valence-electron chi connectivity index (χ1n) is 7.30. The van der Waals surface area contributed by atoms with Gasteiger partial charge >= 0.3 is 0 Å². The maximum atomic E-state index is 12.2. The largest absolute Gasteiger partial charge is 0.353 e. The van der Waals surface area contributed by atoms with Crippen LogP contribution in [0.15, 0.2) is 6.33 Å². The van der Waals surface area contributed by atoms with E-state index in [0.717, 1.165) is 48.6 Å². The molecule has 0 aliphatic carbocycles. The molecule has 0 spiro atoms. The fourth-order valence-corrected chi connectivity index (χ4v) is 2.82. The topological polar surface area (TPSA) is 88.5 Å². The Bertz CT molecular complexity index is 602. The number of fused-ring (bicyclic) bond motifs is 1. The number of nitrogens with zero attached hydrogens (tertiary/aromatic N) is 4. The van der Waals surface area contributed by atoms with Gasteiger partial charge in [-0.2, -0.15) is 5.10 Å². The number of carbonyl (C=O) groups excluding carboxylic acids is 1. The summed E-state index contributed by atoms with van der Waals surface area (Å²) >= 11 is 0. The van der Waals surface area contributed by atoms with Gasteiger partial charge in [-0.1, -0.05) is 0 Å². The number of aryl methyl sites for hydroxylation is 4. The van der Waals surface area contributed by atoms with E-state index < -0.39 is 0 Å². The molecule has 112 valence electrons. The zero-order valence-corrected chi connectivity index (χ0v) is 12.4. The van der Waals surface area contributed by atoms with E-state index in [4.69, 9.17) is 0 Å². The van der Waals surface area contributed by atoms with E-state index in [1.807, 2.05) is 13.8 Å². The zero-order valence-electron chi connectivity index (χ0n) is 12.4. The van der Waals surface area contributed by atoms with Crippen molar-refractivity contribution in [2.24, 2.45) is 0 Å². The van der Waals surface area contributed by atoms with Crippen LogP contribution in [0.2, 0.25) is 0 Å². The zero-order chi connectivity index (χ0) is 14.8. The minimum atomic E-state index is 0.0604. The summed E-state index contributed by atoms with van der Waals surface area (Å²) in [6.07, 6.45) is 4.83. The summed E-state index contributed by atoms with van der Waals surface area (Å²) in [4.78, 5) is 12.2. The number of carbonyl (C=O) groups is 1. The third kappa shape index (κ3) is 2.96. The van der Waals surface area contributed by atoms with Gasteiger partial charge < -0.3 is 9.88 Å². The Balaban J connectivity index is 1.57. The van der Waals surface area contributed by atoms with Gasteiger partial charge in [-0.25, -0.2) is 0 Å². The van der Waals surface area contributed by atoms with E-state index in [0.29, 0.717) is 6.42 Å². The van der Waals surface area contributed by atoms with E-state index >= 15 is 0 Å². The summed E-state index contributed by atoms with van der Waals surface area (Å²) in [6.45, 7) is 4.72. The van der Waals surface area contributed by atoms with E-state index in [9.17, 15) is 4.79 Å². The first kappa shape index (κ1) is 13.8. The highest BCUT2D eigenvalue weighted by Gasteiger charge is 2.19. The Kier molecular flexibility index (Phi) is 3.72. The highest BCUT2D eigenvalue weighted by atomic mass is 16.1. The van der Waals surface area contributed by atoms with Crippen molar-refractivity contribution in [2.75, 3.05) is 0 Å². The number of aromatic amines is 1. The average Bonchev–Trinajstić information content (AvgIpc) is 2.98. The predicted molar refractivity (Wildman–Crippen MR) is 76.7 cm³/mol. The van der Waals surface area contributed by atoms with Crippen LogP contribution in [0.4, 0.5) is 0 Å². The number of amides is 1. The molecule has 0 radical (unpaired) electrons. The Morgan fingerprint density at radius 1 is 1.48 bits per heavy atom. The lowest BCUT2D eigenvalue weighted by Crippen LogP contribution is -2.36. The summed E-state index contributed by atoms with van der Waals surface area (Å²) in [5.74, 6) is 1.07. The van der Waals surface area contributed by atoms with Gasteiger partial charge in [-0.05, 0) is 26.7 Å². The molecule has 7 heteroatoms. The van der Waals surface area contributed by atoms with Crippen LogP contribution in [0.5, 0.6) is 0 Å². The Labute approximate surface area is 123 Å². The quantitative estimate of drug-likeness (QED) is 0.869. The minimum Gasteiger partial charge on any atom is -0.353 e. The van der Waals surface area contributed by atoms with Crippen LogP contribution in [0.25, 0.3) is 0 Å². The molecule has 1 aliphatic rings. The van der Waals surface area contributed by atoms with E-state index in [1.54, 1.807) is 6.33 Å². The van der Waals surface area contributed by atoms with E-state index in [1.165, 1.54) is 0 Å². The van der Waals surface area contributed by atoms with Crippen LogP contribution in [0, 0.1) is 13.8 Å². The fourth-order valence-electron chi connectivity index (χ4n) is 2.82. The Morgan fingerprint density at radius 3 is 3.10 bits per heavy atom. The van der Waals surface area contributed by atoms with Crippen molar-refractivity contribution in [3.63, 3.8) is 0 Å². The van der Waals surface area contributed by atoms with Crippen molar-refractivity contribution < 1.29 is 4.79 Å². The fraction of sp³-hybridized carbons (Fsp3) is 0.571. The molecule has 1 atom stereocenters. The first-order chi connectivity index (χ1) is 10.1. The second-order valence-electron chi connectivity index (χ2n) is 5.62. The second-order valence-corrected chi connectivity index (χ2v) is 5.62. The van der Waals surface area contributed by atoms with Crippen molar-refractivity contribution in [1.82, 2.24) is 30.3 Å². The predicted octanol–water partition coefficient (Wildman–Crippen LogP) is 0.682. The molecule has 1 aliphatic heterocycles. The molecule has 2 aromatic heterocycles. The Hall–Kier alpha value is -2.18. The van der Waals surface area contributed by atoms with Crippen LogP contribution in [0.1, 0.15) is 35.6 Å². The third-order valence-electron chi connectivity index (χ3n) is 4.11. The van der Waals surface area contributed by atoms with Gasteiger partial charge in [0.25, 0.3) is 0 Å². The molecule has 0 saturated heterocycles. The molecule has 0 aromatic carbocycles. The van der Waals surface area contributed by atoms with Crippen LogP contribution in [0.3, 0.4) is 0 Å². The minimum absolute atomic E-state index is 0.0604. The van der Waals surface area contributed by atoms with Crippen molar-refractivity contribution in [3.05, 3.63) is 29.1 Å². The summed E-state index contributed by atoms with van der Waals surface area (Å²) in [5.41, 5.74) is 2.86. The molecular formula is C14H20N6O. The molecule has 21 heavy (non-hydrogen) atoms. The summed E-state index contributed by atoms with van der Waals surface area (Å²) in [5, 5.41) is 18.2. The van der Waals surface area contributed by atoms with Gasteiger partial charge in [0.05, 0.1) is 12.1 Å². The van der Waals surface area contributed by atoms with Gasteiger partial charge in [-0.15, -0.1) is 10.2 Å². The molecule has 1 amide bonds. The highest BCUT2D eigenvalue weighted by Crippen LogP contribution is 2.14. The molecule has 2 N–H and O–H groups in total. The lowest BCUT2D eigenvalue weighted by molar-refractivity contribution is -0.121. The maximum absolute atomic E-state index is 12.2. The monoisotopic (exact) mass is 288 g/mol. The Morgan fingerprint density at radius 2 is 2.33 bits per heavy atom. The van der Waals surface area contributed by atoms with Gasteiger partial charge in [-0.3, -0.25) is 9.89 Å². The van der Waals surface area contributed by atoms with E-state index in [-0.39, 0.29) is 11.9 Å². The lowest BCUT2D eigenvalue weighted by atomic mass is 10.1.